The standard InChI is InChI=1S/C16H24N2O3S/c1-12-4-5-14(13(2)10-12)6-7-16(19)18-9-8-15(11-18)17-22(3,20)21/h4-5,10,15,17H,6-9,11H2,1-3H3/t15-/m1/s1. The number of nitrogens with one attached hydrogen (secondary N) is 1. The molecule has 0 unspecified atom stereocenters. The van der Waals surface area contributed by atoms with Gasteiger partial charge in [-0.15, -0.1) is 0 Å². The van der Waals surface area contributed by atoms with Crippen LogP contribution in [0.4, 0.5) is 0 Å². The molecule has 5 nitrogen and oxygen atoms in total. The summed E-state index contributed by atoms with van der Waals surface area (Å²) in [5, 5.41) is 0. The van der Waals surface area contributed by atoms with Crippen molar-refractivity contribution in [2.75, 3.05) is 19.3 Å². The zero-order valence-corrected chi connectivity index (χ0v) is 14.2. The maximum absolute atomic E-state index is 12.3. The summed E-state index contributed by atoms with van der Waals surface area (Å²) < 4.78 is 25.0. The molecule has 0 aliphatic carbocycles. The molecule has 0 radical (unpaired) electrons. The Morgan fingerprint density at radius 1 is 1.36 bits per heavy atom. The number of rotatable bonds is 5. The van der Waals surface area contributed by atoms with Crippen molar-refractivity contribution in [3.8, 4) is 0 Å². The lowest BCUT2D eigenvalue weighted by molar-refractivity contribution is -0.130. The van der Waals surface area contributed by atoms with E-state index < -0.39 is 10.0 Å². The van der Waals surface area contributed by atoms with E-state index in [0.717, 1.165) is 12.7 Å². The normalized spacial score (nSPS) is 18.7. The molecule has 1 amide bonds. The number of carbonyl (C=O) groups is 1. The Hall–Kier alpha value is -1.40. The van der Waals surface area contributed by atoms with Gasteiger partial charge >= 0.3 is 0 Å². The van der Waals surface area contributed by atoms with Crippen LogP contribution in [0.25, 0.3) is 0 Å². The Kier molecular flexibility index (Phi) is 5.24. The highest BCUT2D eigenvalue weighted by Gasteiger charge is 2.27. The summed E-state index contributed by atoms with van der Waals surface area (Å²) in [5.74, 6) is 0.0952. The van der Waals surface area contributed by atoms with Gasteiger partial charge < -0.3 is 4.90 Å². The molecule has 0 bridgehead atoms. The third-order valence-electron chi connectivity index (χ3n) is 4.03. The van der Waals surface area contributed by atoms with Crippen LogP contribution >= 0.6 is 0 Å². The average Bonchev–Trinajstić information content (AvgIpc) is 2.83. The first-order valence-electron chi connectivity index (χ1n) is 7.56. The first kappa shape index (κ1) is 17.0. The second-order valence-electron chi connectivity index (χ2n) is 6.15. The van der Waals surface area contributed by atoms with E-state index in [1.54, 1.807) is 4.90 Å². The van der Waals surface area contributed by atoms with Gasteiger partial charge in [0, 0.05) is 25.6 Å². The third-order valence-corrected chi connectivity index (χ3v) is 4.79. The van der Waals surface area contributed by atoms with Gasteiger partial charge in [-0.2, -0.15) is 0 Å². The Morgan fingerprint density at radius 3 is 2.73 bits per heavy atom. The highest BCUT2D eigenvalue weighted by molar-refractivity contribution is 7.88. The smallest absolute Gasteiger partial charge is 0.222 e. The second-order valence-corrected chi connectivity index (χ2v) is 7.93. The van der Waals surface area contributed by atoms with Crippen LogP contribution in [0.15, 0.2) is 18.2 Å². The number of hydrogen-bond acceptors (Lipinski definition) is 3. The molecule has 22 heavy (non-hydrogen) atoms. The third kappa shape index (κ3) is 4.81. The fraction of sp³-hybridized carbons (Fsp3) is 0.562. The fourth-order valence-corrected chi connectivity index (χ4v) is 3.71. The number of sulfonamides is 1. The van der Waals surface area contributed by atoms with E-state index in [0.29, 0.717) is 25.9 Å². The van der Waals surface area contributed by atoms with Gasteiger partial charge in [0.05, 0.1) is 6.26 Å². The van der Waals surface area contributed by atoms with E-state index >= 15 is 0 Å². The van der Waals surface area contributed by atoms with Crippen LogP contribution in [-0.2, 0) is 21.2 Å². The van der Waals surface area contributed by atoms with Crippen molar-refractivity contribution in [3.05, 3.63) is 34.9 Å². The summed E-state index contributed by atoms with van der Waals surface area (Å²) in [6.07, 6.45) is 3.03. The van der Waals surface area contributed by atoms with Gasteiger partial charge in [0.2, 0.25) is 15.9 Å². The van der Waals surface area contributed by atoms with Crippen molar-refractivity contribution in [1.29, 1.82) is 0 Å². The molecular weight excluding hydrogens is 300 g/mol. The van der Waals surface area contributed by atoms with Gasteiger partial charge in [-0.3, -0.25) is 4.79 Å². The van der Waals surface area contributed by atoms with Gasteiger partial charge in [-0.05, 0) is 37.8 Å². The lowest BCUT2D eigenvalue weighted by Crippen LogP contribution is -2.37. The van der Waals surface area contributed by atoms with Crippen molar-refractivity contribution >= 4 is 15.9 Å². The predicted molar refractivity (Wildman–Crippen MR) is 87.2 cm³/mol. The molecular formula is C16H24N2O3S. The Morgan fingerprint density at radius 2 is 2.09 bits per heavy atom. The predicted octanol–water partition coefficient (Wildman–Crippen LogP) is 1.39. The van der Waals surface area contributed by atoms with E-state index in [1.807, 2.05) is 0 Å². The van der Waals surface area contributed by atoms with Crippen LogP contribution in [0.2, 0.25) is 0 Å². The van der Waals surface area contributed by atoms with Crippen LogP contribution in [0.1, 0.15) is 29.5 Å². The number of benzene rings is 1. The van der Waals surface area contributed by atoms with Crippen LogP contribution in [0.5, 0.6) is 0 Å². The zero-order chi connectivity index (χ0) is 16.3. The van der Waals surface area contributed by atoms with Crippen LogP contribution in [0, 0.1) is 13.8 Å². The summed E-state index contributed by atoms with van der Waals surface area (Å²) in [7, 11) is -3.21. The van der Waals surface area contributed by atoms with Crippen molar-refractivity contribution in [2.45, 2.75) is 39.2 Å². The average molecular weight is 324 g/mol. The van der Waals surface area contributed by atoms with Crippen LogP contribution < -0.4 is 4.72 Å². The molecule has 1 aromatic rings. The molecule has 1 aliphatic rings. The highest BCUT2D eigenvalue weighted by Crippen LogP contribution is 2.15. The van der Waals surface area contributed by atoms with E-state index in [-0.39, 0.29) is 11.9 Å². The molecule has 1 atom stereocenters. The molecule has 1 aliphatic heterocycles. The summed E-state index contributed by atoms with van der Waals surface area (Å²) >= 11 is 0. The first-order chi connectivity index (χ1) is 10.2. The molecule has 0 saturated carbocycles. The van der Waals surface area contributed by atoms with Gasteiger partial charge in [-0.1, -0.05) is 23.8 Å². The molecule has 1 N–H and O–H groups in total. The Labute approximate surface area is 132 Å². The maximum Gasteiger partial charge on any atom is 0.222 e. The van der Waals surface area contributed by atoms with Gasteiger partial charge in [-0.25, -0.2) is 13.1 Å². The number of hydrogen-bond donors (Lipinski definition) is 1. The van der Waals surface area contributed by atoms with E-state index in [4.69, 9.17) is 0 Å². The van der Waals surface area contributed by atoms with Crippen molar-refractivity contribution in [3.63, 3.8) is 0 Å². The molecule has 1 fully saturated rings. The van der Waals surface area contributed by atoms with E-state index in [1.165, 1.54) is 16.7 Å². The molecule has 0 spiro atoms. The lowest BCUT2D eigenvalue weighted by Gasteiger charge is -2.17. The largest absolute Gasteiger partial charge is 0.341 e. The number of likely N-dealkylation sites (tertiary alicyclic amines) is 1. The fourth-order valence-electron chi connectivity index (χ4n) is 2.91. The topological polar surface area (TPSA) is 66.5 Å². The minimum Gasteiger partial charge on any atom is -0.341 e. The van der Waals surface area contributed by atoms with Gasteiger partial charge in [0.25, 0.3) is 0 Å². The Balaban J connectivity index is 1.86. The number of carbonyl (C=O) groups excluding carboxylic acids is 1. The van der Waals surface area contributed by atoms with E-state index in [9.17, 15) is 13.2 Å². The van der Waals surface area contributed by atoms with Gasteiger partial charge in [0.1, 0.15) is 0 Å². The molecule has 122 valence electrons. The minimum atomic E-state index is -3.21. The minimum absolute atomic E-state index is 0.0952. The first-order valence-corrected chi connectivity index (χ1v) is 9.45. The molecule has 0 aromatic heterocycles. The van der Waals surface area contributed by atoms with Crippen molar-refractivity contribution in [1.82, 2.24) is 9.62 Å². The van der Waals surface area contributed by atoms with Crippen molar-refractivity contribution < 1.29 is 13.2 Å². The molecule has 1 heterocycles. The van der Waals surface area contributed by atoms with Crippen molar-refractivity contribution in [2.24, 2.45) is 0 Å². The summed E-state index contributed by atoms with van der Waals surface area (Å²) in [5.41, 5.74) is 3.64. The number of nitrogens with zero attached hydrogens (tertiary/aromatic N) is 1. The molecule has 6 heteroatoms. The second kappa shape index (κ2) is 6.79. The van der Waals surface area contributed by atoms with Crippen LogP contribution in [-0.4, -0.2) is 44.6 Å². The molecule has 1 aromatic carbocycles. The summed E-state index contributed by atoms with van der Waals surface area (Å²) in [4.78, 5) is 14.0. The Bertz CT molecular complexity index is 655. The SMILES string of the molecule is Cc1ccc(CCC(=O)N2CC[C@@H](NS(C)(=O)=O)C2)c(C)c1. The lowest BCUT2D eigenvalue weighted by atomic mass is 10.0. The quantitative estimate of drug-likeness (QED) is 0.890. The summed E-state index contributed by atoms with van der Waals surface area (Å²) in [6, 6.07) is 6.12. The summed E-state index contributed by atoms with van der Waals surface area (Å²) in [6.45, 7) is 5.22. The molecule has 2 rings (SSSR count). The highest BCUT2D eigenvalue weighted by atomic mass is 32.2. The number of amides is 1. The van der Waals surface area contributed by atoms with Crippen LogP contribution in [0.3, 0.4) is 0 Å². The van der Waals surface area contributed by atoms with Gasteiger partial charge in [0.15, 0.2) is 0 Å². The zero-order valence-electron chi connectivity index (χ0n) is 13.4. The monoisotopic (exact) mass is 324 g/mol. The maximum atomic E-state index is 12.3. The molecule has 1 saturated heterocycles. The number of aryl methyl sites for hydroxylation is 3. The van der Waals surface area contributed by atoms with E-state index in [2.05, 4.69) is 36.8 Å².